The van der Waals surface area contributed by atoms with Crippen molar-refractivity contribution in [2.45, 2.75) is 33.3 Å². The van der Waals surface area contributed by atoms with Crippen molar-refractivity contribution in [2.75, 3.05) is 12.4 Å². The van der Waals surface area contributed by atoms with E-state index in [0.717, 1.165) is 12.1 Å². The van der Waals surface area contributed by atoms with Crippen LogP contribution in [0.2, 0.25) is 0 Å². The highest BCUT2D eigenvalue weighted by Crippen LogP contribution is 2.23. The molecule has 0 radical (unpaired) electrons. The molecule has 0 heterocycles. The van der Waals surface area contributed by atoms with Crippen molar-refractivity contribution in [1.82, 2.24) is 0 Å². The fourth-order valence-electron chi connectivity index (χ4n) is 1.73. The van der Waals surface area contributed by atoms with E-state index in [4.69, 9.17) is 4.74 Å². The lowest BCUT2D eigenvalue weighted by Gasteiger charge is -2.23. The minimum Gasteiger partial charge on any atom is -0.456 e. The van der Waals surface area contributed by atoms with Crippen molar-refractivity contribution < 1.29 is 22.5 Å². The van der Waals surface area contributed by atoms with E-state index >= 15 is 0 Å². The van der Waals surface area contributed by atoms with Crippen molar-refractivity contribution in [3.8, 4) is 0 Å². The molecule has 0 saturated heterocycles. The van der Waals surface area contributed by atoms with E-state index in [0.29, 0.717) is 5.56 Å². The highest BCUT2D eigenvalue weighted by atomic mass is 19.4. The molecular weight excluding hydrogens is 270 g/mol. The maximum Gasteiger partial charge on any atom is 0.509 e. The third-order valence-corrected chi connectivity index (χ3v) is 2.70. The van der Waals surface area contributed by atoms with Crippen LogP contribution in [0.1, 0.15) is 36.7 Å². The Morgan fingerprint density at radius 2 is 1.80 bits per heavy atom. The molecule has 0 fully saturated rings. The molecule has 1 aromatic rings. The van der Waals surface area contributed by atoms with Gasteiger partial charge < -0.3 is 23.0 Å². The molecule has 0 atom stereocenters. The predicted molar refractivity (Wildman–Crippen MR) is 74.6 cm³/mol. The van der Waals surface area contributed by atoms with Crippen LogP contribution >= 0.6 is 0 Å². The first kappa shape index (κ1) is 16.4. The number of hydrogen-bond donors (Lipinski definition) is 1. The highest BCUT2D eigenvalue weighted by molar-refractivity contribution is 6.73. The van der Waals surface area contributed by atoms with Crippen LogP contribution < -0.4 is 10.8 Å². The molecule has 0 aliphatic rings. The van der Waals surface area contributed by atoms with Crippen molar-refractivity contribution in [3.05, 3.63) is 23.3 Å². The van der Waals surface area contributed by atoms with E-state index in [9.17, 15) is 17.7 Å². The second-order valence-electron chi connectivity index (χ2n) is 5.57. The standard InChI is InChI=1S/C13H18BF3NO2/c1-8-10(12(19)20-13(2,3)4)6-9(14(15,16)17)7-11(8)18-5/h6-7,18H,1-5H3/q-1. The van der Waals surface area contributed by atoms with Gasteiger partial charge in [-0.1, -0.05) is 12.1 Å². The van der Waals surface area contributed by atoms with Crippen molar-refractivity contribution >= 4 is 24.1 Å². The molecule has 112 valence electrons. The van der Waals surface area contributed by atoms with Gasteiger partial charge in [0.05, 0.1) is 5.56 Å². The molecular formula is C13H18BF3NO2-. The minimum absolute atomic E-state index is 0.0685. The zero-order chi connectivity index (χ0) is 15.7. The molecule has 7 heteroatoms. The van der Waals surface area contributed by atoms with Crippen molar-refractivity contribution in [3.63, 3.8) is 0 Å². The van der Waals surface area contributed by atoms with Gasteiger partial charge >= 0.3 is 12.9 Å². The average molecular weight is 288 g/mol. The number of rotatable bonds is 3. The summed E-state index contributed by atoms with van der Waals surface area (Å²) in [6.07, 6.45) is 0. The Labute approximate surface area is 116 Å². The lowest BCUT2D eigenvalue weighted by atomic mass is 9.78. The second-order valence-corrected chi connectivity index (χ2v) is 5.57. The molecule has 0 amide bonds. The summed E-state index contributed by atoms with van der Waals surface area (Å²) in [4.78, 5) is 12.0. The SMILES string of the molecule is CNc1cc([B-](F)(F)F)cc(C(=O)OC(C)(C)C)c1C. The minimum atomic E-state index is -5.18. The number of benzene rings is 1. The lowest BCUT2D eigenvalue weighted by Crippen LogP contribution is -2.35. The Bertz CT molecular complexity index is 522. The Kier molecular flexibility index (Phi) is 4.41. The summed E-state index contributed by atoms with van der Waals surface area (Å²) >= 11 is 0. The van der Waals surface area contributed by atoms with Crippen LogP contribution in [0.4, 0.5) is 18.6 Å². The molecule has 0 aromatic heterocycles. The van der Waals surface area contributed by atoms with Gasteiger partial charge in [-0.2, -0.15) is 0 Å². The first-order valence-corrected chi connectivity index (χ1v) is 6.21. The number of halogens is 3. The molecule has 0 spiro atoms. The molecule has 3 nitrogen and oxygen atoms in total. The van der Waals surface area contributed by atoms with Gasteiger partial charge in [-0.05, 0) is 33.3 Å². The van der Waals surface area contributed by atoms with E-state index in [1.807, 2.05) is 0 Å². The summed E-state index contributed by atoms with van der Waals surface area (Å²) in [6.45, 7) is 1.39. The highest BCUT2D eigenvalue weighted by Gasteiger charge is 2.29. The molecule has 0 aliphatic carbocycles. The number of carbonyl (C=O) groups excluding carboxylic acids is 1. The van der Waals surface area contributed by atoms with Gasteiger partial charge in [0.15, 0.2) is 0 Å². The number of nitrogens with one attached hydrogen (secondary N) is 1. The Morgan fingerprint density at radius 3 is 2.20 bits per heavy atom. The summed E-state index contributed by atoms with van der Waals surface area (Å²) < 4.78 is 43.8. The second kappa shape index (κ2) is 5.38. The Morgan fingerprint density at radius 1 is 1.25 bits per heavy atom. The Balaban J connectivity index is 3.35. The predicted octanol–water partition coefficient (Wildman–Crippen LogP) is 3.05. The molecule has 20 heavy (non-hydrogen) atoms. The summed E-state index contributed by atoms with van der Waals surface area (Å²) in [5.41, 5.74) is -0.946. The maximum atomic E-state index is 12.9. The third-order valence-electron chi connectivity index (χ3n) is 2.70. The number of ether oxygens (including phenoxy) is 1. The normalized spacial score (nSPS) is 12.2. The van der Waals surface area contributed by atoms with Gasteiger partial charge in [-0.25, -0.2) is 4.79 Å². The van der Waals surface area contributed by atoms with Gasteiger partial charge in [0.1, 0.15) is 5.60 Å². The molecule has 0 saturated carbocycles. The van der Waals surface area contributed by atoms with Gasteiger partial charge in [-0.15, -0.1) is 5.46 Å². The summed E-state index contributed by atoms with van der Waals surface area (Å²) in [5, 5.41) is 2.67. The molecule has 0 unspecified atom stereocenters. The van der Waals surface area contributed by atoms with Crippen molar-refractivity contribution in [1.29, 1.82) is 0 Å². The van der Waals surface area contributed by atoms with Crippen LogP contribution in [0.5, 0.6) is 0 Å². The molecule has 1 rings (SSSR count). The molecule has 0 bridgehead atoms. The molecule has 1 N–H and O–H groups in total. The van der Waals surface area contributed by atoms with E-state index in [-0.39, 0.29) is 11.3 Å². The van der Waals surface area contributed by atoms with Gasteiger partial charge in [0, 0.05) is 12.7 Å². The van der Waals surface area contributed by atoms with Crippen molar-refractivity contribution in [2.24, 2.45) is 0 Å². The van der Waals surface area contributed by atoms with Gasteiger partial charge in [0.25, 0.3) is 0 Å². The summed E-state index contributed by atoms with van der Waals surface area (Å²) in [6, 6.07) is 1.85. The molecule has 1 aromatic carbocycles. The number of carbonyl (C=O) groups is 1. The van der Waals surface area contributed by atoms with E-state index < -0.39 is 24.0 Å². The van der Waals surface area contributed by atoms with Crippen LogP contribution in [0.25, 0.3) is 0 Å². The van der Waals surface area contributed by atoms with Gasteiger partial charge in [0.2, 0.25) is 0 Å². The first-order chi connectivity index (χ1) is 8.95. The van der Waals surface area contributed by atoms with Crippen LogP contribution in [0.3, 0.4) is 0 Å². The first-order valence-electron chi connectivity index (χ1n) is 6.21. The quantitative estimate of drug-likeness (QED) is 0.686. The Hall–Kier alpha value is -1.66. The monoisotopic (exact) mass is 288 g/mol. The fraction of sp³-hybridized carbons (Fsp3) is 0.462. The van der Waals surface area contributed by atoms with E-state index in [2.05, 4.69) is 5.32 Å². The zero-order valence-electron chi connectivity index (χ0n) is 12.2. The maximum absolute atomic E-state index is 12.9. The number of esters is 1. The number of anilines is 1. The molecule has 0 aliphatic heterocycles. The van der Waals surface area contributed by atoms with Gasteiger partial charge in [-0.3, -0.25) is 0 Å². The van der Waals surface area contributed by atoms with E-state index in [1.165, 1.54) is 7.05 Å². The van der Waals surface area contributed by atoms with Crippen LogP contribution in [-0.2, 0) is 4.74 Å². The van der Waals surface area contributed by atoms with Crippen LogP contribution in [0, 0.1) is 6.92 Å². The van der Waals surface area contributed by atoms with Crippen LogP contribution in [0.15, 0.2) is 12.1 Å². The van der Waals surface area contributed by atoms with E-state index in [1.54, 1.807) is 27.7 Å². The largest absolute Gasteiger partial charge is 0.509 e. The smallest absolute Gasteiger partial charge is 0.456 e. The summed E-state index contributed by atoms with van der Waals surface area (Å²) in [7, 11) is 1.51. The summed E-state index contributed by atoms with van der Waals surface area (Å²) in [5.74, 6) is -0.756. The average Bonchev–Trinajstić information content (AvgIpc) is 2.25. The fourth-order valence-corrected chi connectivity index (χ4v) is 1.73. The third kappa shape index (κ3) is 3.92. The topological polar surface area (TPSA) is 38.3 Å². The number of hydrogen-bond acceptors (Lipinski definition) is 3. The lowest BCUT2D eigenvalue weighted by molar-refractivity contribution is 0.00689. The zero-order valence-corrected chi connectivity index (χ0v) is 12.2. The van der Waals surface area contributed by atoms with Crippen LogP contribution in [-0.4, -0.2) is 25.6 Å².